The smallest absolute Gasteiger partial charge is 0.204 e. The topological polar surface area (TPSA) is 52.6 Å². The van der Waals surface area contributed by atoms with Crippen molar-refractivity contribution in [1.29, 1.82) is 0 Å². The van der Waals surface area contributed by atoms with Gasteiger partial charge in [-0.1, -0.05) is 13.3 Å². The Balaban J connectivity index is 2.83. The van der Waals surface area contributed by atoms with Gasteiger partial charge in [0.2, 0.25) is 5.75 Å². The summed E-state index contributed by atoms with van der Waals surface area (Å²) in [4.78, 5) is 4.71. The molecular formula is C16H22N2O3. The molecule has 21 heavy (non-hydrogen) atoms. The molecule has 0 unspecified atom stereocenters. The van der Waals surface area contributed by atoms with E-state index in [9.17, 15) is 0 Å². The van der Waals surface area contributed by atoms with Gasteiger partial charge < -0.3 is 19.5 Å². The quantitative estimate of drug-likeness (QED) is 0.885. The van der Waals surface area contributed by atoms with Gasteiger partial charge in [0.05, 0.1) is 32.2 Å². The van der Waals surface area contributed by atoms with Gasteiger partial charge in [-0.05, 0) is 12.5 Å². The van der Waals surface area contributed by atoms with Crippen LogP contribution in [-0.2, 0) is 6.42 Å². The van der Waals surface area contributed by atoms with Crippen LogP contribution in [0.2, 0.25) is 0 Å². The third-order valence-electron chi connectivity index (χ3n) is 3.43. The fourth-order valence-corrected chi connectivity index (χ4v) is 2.50. The lowest BCUT2D eigenvalue weighted by molar-refractivity contribution is 0.327. The van der Waals surface area contributed by atoms with E-state index in [2.05, 4.69) is 18.3 Å². The fraction of sp³-hybridized carbons (Fsp3) is 0.438. The molecule has 5 nitrogen and oxygen atoms in total. The molecular weight excluding hydrogens is 268 g/mol. The molecule has 2 aromatic rings. The van der Waals surface area contributed by atoms with Crippen LogP contribution in [0.25, 0.3) is 10.9 Å². The first-order valence-electron chi connectivity index (χ1n) is 7.00. The molecule has 1 N–H and O–H groups in total. The van der Waals surface area contributed by atoms with Crippen LogP contribution in [0.4, 0.5) is 5.69 Å². The summed E-state index contributed by atoms with van der Waals surface area (Å²) in [5, 5.41) is 4.12. The first-order chi connectivity index (χ1) is 10.2. The van der Waals surface area contributed by atoms with Crippen molar-refractivity contribution in [2.75, 3.05) is 33.7 Å². The lowest BCUT2D eigenvalue weighted by atomic mass is 10.1. The number of pyridine rings is 1. The number of hydrogen-bond donors (Lipinski definition) is 1. The number of anilines is 1. The highest BCUT2D eigenvalue weighted by molar-refractivity contribution is 6.00. The maximum atomic E-state index is 5.55. The Bertz CT molecular complexity index is 641. The van der Waals surface area contributed by atoms with Crippen molar-refractivity contribution in [1.82, 2.24) is 4.98 Å². The molecule has 0 bridgehead atoms. The Morgan fingerprint density at radius 3 is 2.29 bits per heavy atom. The molecule has 0 radical (unpaired) electrons. The van der Waals surface area contributed by atoms with Crippen LogP contribution in [0.3, 0.4) is 0 Å². The number of ether oxygens (including phenoxy) is 3. The molecule has 0 aliphatic rings. The van der Waals surface area contributed by atoms with E-state index in [0.717, 1.165) is 35.1 Å². The minimum atomic E-state index is 0.578. The third kappa shape index (κ3) is 2.68. The maximum absolute atomic E-state index is 5.55. The first kappa shape index (κ1) is 15.2. The second-order valence-electron chi connectivity index (χ2n) is 4.70. The summed E-state index contributed by atoms with van der Waals surface area (Å²) in [7, 11) is 6.72. The molecule has 0 saturated carbocycles. The van der Waals surface area contributed by atoms with Crippen molar-refractivity contribution in [2.24, 2.45) is 0 Å². The van der Waals surface area contributed by atoms with Crippen LogP contribution in [0, 0.1) is 0 Å². The molecule has 1 aromatic heterocycles. The number of hydrogen-bond acceptors (Lipinski definition) is 5. The Morgan fingerprint density at radius 2 is 1.76 bits per heavy atom. The van der Waals surface area contributed by atoms with Crippen LogP contribution in [-0.4, -0.2) is 33.4 Å². The van der Waals surface area contributed by atoms with Crippen molar-refractivity contribution >= 4 is 16.6 Å². The molecule has 0 atom stereocenters. The SMILES string of the molecule is CCCc1cc(NC)c2c(OC)c(OC)c(OC)cc2n1. The number of aryl methyl sites for hydroxylation is 1. The molecule has 0 amide bonds. The minimum Gasteiger partial charge on any atom is -0.493 e. The van der Waals surface area contributed by atoms with Crippen LogP contribution < -0.4 is 19.5 Å². The number of fused-ring (bicyclic) bond motifs is 1. The minimum absolute atomic E-state index is 0.578. The largest absolute Gasteiger partial charge is 0.493 e. The molecule has 5 heteroatoms. The second-order valence-corrected chi connectivity index (χ2v) is 4.70. The van der Waals surface area contributed by atoms with Crippen molar-refractivity contribution in [3.8, 4) is 17.2 Å². The summed E-state index contributed by atoms with van der Waals surface area (Å²) in [5.74, 6) is 1.82. The van der Waals surface area contributed by atoms with E-state index in [4.69, 9.17) is 19.2 Å². The number of nitrogens with zero attached hydrogens (tertiary/aromatic N) is 1. The van der Waals surface area contributed by atoms with Gasteiger partial charge in [0.15, 0.2) is 11.5 Å². The van der Waals surface area contributed by atoms with Gasteiger partial charge in [-0.3, -0.25) is 4.98 Å². The van der Waals surface area contributed by atoms with E-state index in [-0.39, 0.29) is 0 Å². The standard InChI is InChI=1S/C16H22N2O3/c1-6-7-10-8-11(17-2)14-12(18-10)9-13(19-3)15(20-4)16(14)21-5/h8-9H,6-7H2,1-5H3,(H,17,18). The first-order valence-corrected chi connectivity index (χ1v) is 7.00. The molecule has 0 aliphatic carbocycles. The van der Waals surface area contributed by atoms with Gasteiger partial charge in [-0.2, -0.15) is 0 Å². The summed E-state index contributed by atoms with van der Waals surface area (Å²) < 4.78 is 16.4. The van der Waals surface area contributed by atoms with Gasteiger partial charge >= 0.3 is 0 Å². The van der Waals surface area contributed by atoms with Crippen molar-refractivity contribution in [3.05, 3.63) is 17.8 Å². The van der Waals surface area contributed by atoms with Crippen LogP contribution in [0.15, 0.2) is 12.1 Å². The van der Waals surface area contributed by atoms with E-state index in [1.807, 2.05) is 13.1 Å². The van der Waals surface area contributed by atoms with Crippen LogP contribution >= 0.6 is 0 Å². The summed E-state index contributed by atoms with van der Waals surface area (Å²) in [5.41, 5.74) is 2.85. The predicted molar refractivity (Wildman–Crippen MR) is 84.9 cm³/mol. The van der Waals surface area contributed by atoms with Crippen LogP contribution in [0.1, 0.15) is 19.0 Å². The lowest BCUT2D eigenvalue weighted by Crippen LogP contribution is -2.01. The van der Waals surface area contributed by atoms with E-state index in [1.54, 1.807) is 21.3 Å². The lowest BCUT2D eigenvalue weighted by Gasteiger charge is -2.17. The highest BCUT2D eigenvalue weighted by Crippen LogP contribution is 2.45. The molecule has 0 spiro atoms. The highest BCUT2D eigenvalue weighted by atomic mass is 16.5. The second kappa shape index (κ2) is 6.52. The number of nitrogens with one attached hydrogen (secondary N) is 1. The van der Waals surface area contributed by atoms with Gasteiger partial charge in [0, 0.05) is 24.5 Å². The summed E-state index contributed by atoms with van der Waals surface area (Å²) in [6, 6.07) is 3.94. The van der Waals surface area contributed by atoms with Crippen molar-refractivity contribution in [2.45, 2.75) is 19.8 Å². The van der Waals surface area contributed by atoms with E-state index in [1.165, 1.54) is 0 Å². The summed E-state index contributed by atoms with van der Waals surface area (Å²) >= 11 is 0. The molecule has 114 valence electrons. The van der Waals surface area contributed by atoms with Gasteiger partial charge in [-0.15, -0.1) is 0 Å². The Kier molecular flexibility index (Phi) is 4.73. The predicted octanol–water partition coefficient (Wildman–Crippen LogP) is 3.25. The Morgan fingerprint density at radius 1 is 1.05 bits per heavy atom. The molecule has 1 heterocycles. The average Bonchev–Trinajstić information content (AvgIpc) is 2.52. The molecule has 1 aromatic carbocycles. The van der Waals surface area contributed by atoms with Crippen LogP contribution in [0.5, 0.6) is 17.2 Å². The van der Waals surface area contributed by atoms with E-state index >= 15 is 0 Å². The number of rotatable bonds is 6. The van der Waals surface area contributed by atoms with Gasteiger partial charge in [0.1, 0.15) is 0 Å². The fourth-order valence-electron chi connectivity index (χ4n) is 2.50. The zero-order valence-corrected chi connectivity index (χ0v) is 13.2. The Hall–Kier alpha value is -2.17. The normalized spacial score (nSPS) is 10.5. The van der Waals surface area contributed by atoms with Crippen molar-refractivity contribution in [3.63, 3.8) is 0 Å². The molecule has 2 rings (SSSR count). The van der Waals surface area contributed by atoms with E-state index < -0.39 is 0 Å². The summed E-state index contributed by atoms with van der Waals surface area (Å²) in [6.07, 6.45) is 1.98. The van der Waals surface area contributed by atoms with Gasteiger partial charge in [0.25, 0.3) is 0 Å². The zero-order chi connectivity index (χ0) is 15.4. The number of benzene rings is 1. The Labute approximate surface area is 125 Å². The monoisotopic (exact) mass is 290 g/mol. The van der Waals surface area contributed by atoms with E-state index in [0.29, 0.717) is 17.2 Å². The molecule has 0 saturated heterocycles. The number of aromatic nitrogens is 1. The molecule has 0 fully saturated rings. The third-order valence-corrected chi connectivity index (χ3v) is 3.43. The molecule has 0 aliphatic heterocycles. The van der Waals surface area contributed by atoms with Crippen molar-refractivity contribution < 1.29 is 14.2 Å². The maximum Gasteiger partial charge on any atom is 0.204 e. The average molecular weight is 290 g/mol. The zero-order valence-electron chi connectivity index (χ0n) is 13.2. The summed E-state index contributed by atoms with van der Waals surface area (Å²) in [6.45, 7) is 2.14. The van der Waals surface area contributed by atoms with Gasteiger partial charge in [-0.25, -0.2) is 0 Å². The number of methoxy groups -OCH3 is 3. The highest BCUT2D eigenvalue weighted by Gasteiger charge is 2.19.